The summed E-state index contributed by atoms with van der Waals surface area (Å²) in [4.78, 5) is 25.0. The molecule has 0 fully saturated rings. The van der Waals surface area contributed by atoms with Crippen molar-refractivity contribution < 1.29 is 18.7 Å². The Hall–Kier alpha value is -3.86. The van der Waals surface area contributed by atoms with Crippen molar-refractivity contribution in [3.63, 3.8) is 0 Å². The van der Waals surface area contributed by atoms with E-state index in [-0.39, 0.29) is 11.8 Å². The molecule has 0 saturated heterocycles. The number of rotatable bonds is 5. The van der Waals surface area contributed by atoms with Gasteiger partial charge in [-0.25, -0.2) is 0 Å². The van der Waals surface area contributed by atoms with Gasteiger partial charge in [-0.2, -0.15) is 0 Å². The summed E-state index contributed by atoms with van der Waals surface area (Å²) in [5.41, 5.74) is 2.33. The molecule has 0 spiro atoms. The average molecular weight is 386 g/mol. The molecule has 0 radical (unpaired) electrons. The summed E-state index contributed by atoms with van der Waals surface area (Å²) in [7, 11) is 1.59. The topological polar surface area (TPSA) is 65.7 Å². The molecular formula is C24H18O5. The van der Waals surface area contributed by atoms with Crippen molar-refractivity contribution in [2.45, 2.75) is 6.42 Å². The summed E-state index contributed by atoms with van der Waals surface area (Å²) < 4.78 is 16.1. The van der Waals surface area contributed by atoms with Gasteiger partial charge in [0, 0.05) is 6.07 Å². The number of fused-ring (bicyclic) bond motifs is 1. The molecule has 4 aromatic rings. The van der Waals surface area contributed by atoms with Gasteiger partial charge in [-0.15, -0.1) is 0 Å². The third-order valence-electron chi connectivity index (χ3n) is 4.57. The van der Waals surface area contributed by atoms with Gasteiger partial charge in [0.1, 0.15) is 23.3 Å². The molecule has 144 valence electrons. The largest absolute Gasteiger partial charge is 0.497 e. The van der Waals surface area contributed by atoms with E-state index >= 15 is 0 Å². The first-order valence-corrected chi connectivity index (χ1v) is 9.08. The predicted octanol–water partition coefficient (Wildman–Crippen LogP) is 4.62. The van der Waals surface area contributed by atoms with Crippen molar-refractivity contribution in [2.24, 2.45) is 0 Å². The van der Waals surface area contributed by atoms with Gasteiger partial charge in [0.05, 0.1) is 24.5 Å². The fraction of sp³-hybridized carbons (Fsp3) is 0.0833. The van der Waals surface area contributed by atoms with Crippen LogP contribution in [0, 0.1) is 0 Å². The number of hydrogen-bond acceptors (Lipinski definition) is 5. The molecule has 0 N–H and O–H groups in total. The second-order valence-electron chi connectivity index (χ2n) is 6.50. The van der Waals surface area contributed by atoms with Crippen LogP contribution in [-0.4, -0.2) is 13.1 Å². The molecule has 3 aromatic carbocycles. The van der Waals surface area contributed by atoms with Crippen molar-refractivity contribution in [3.05, 3.63) is 94.8 Å². The van der Waals surface area contributed by atoms with Crippen molar-refractivity contribution in [1.82, 2.24) is 0 Å². The molecule has 5 heteroatoms. The highest BCUT2D eigenvalue weighted by molar-refractivity contribution is 5.83. The lowest BCUT2D eigenvalue weighted by molar-refractivity contribution is -0.133. The zero-order valence-electron chi connectivity index (χ0n) is 15.8. The van der Waals surface area contributed by atoms with E-state index in [1.807, 2.05) is 42.5 Å². The molecule has 0 atom stereocenters. The number of methoxy groups -OCH3 is 1. The first-order chi connectivity index (χ1) is 14.1. The van der Waals surface area contributed by atoms with Crippen LogP contribution >= 0.6 is 0 Å². The zero-order chi connectivity index (χ0) is 20.2. The third-order valence-corrected chi connectivity index (χ3v) is 4.57. The first-order valence-electron chi connectivity index (χ1n) is 9.08. The SMILES string of the molecule is COc1ccc(CC(=O)Oc2ccc3c(=O)c(-c4ccccc4)coc3c2)cc1. The number of benzene rings is 3. The van der Waals surface area contributed by atoms with Gasteiger partial charge in [-0.3, -0.25) is 9.59 Å². The van der Waals surface area contributed by atoms with Crippen LogP contribution in [0.25, 0.3) is 22.1 Å². The molecule has 4 rings (SSSR count). The maximum absolute atomic E-state index is 12.8. The smallest absolute Gasteiger partial charge is 0.315 e. The van der Waals surface area contributed by atoms with E-state index in [9.17, 15) is 9.59 Å². The van der Waals surface area contributed by atoms with Crippen molar-refractivity contribution in [3.8, 4) is 22.6 Å². The molecule has 0 aliphatic rings. The minimum absolute atomic E-state index is 0.124. The van der Waals surface area contributed by atoms with Crippen LogP contribution in [-0.2, 0) is 11.2 Å². The monoisotopic (exact) mass is 386 g/mol. The normalized spacial score (nSPS) is 10.7. The van der Waals surface area contributed by atoms with Gasteiger partial charge < -0.3 is 13.9 Å². The van der Waals surface area contributed by atoms with E-state index in [2.05, 4.69) is 0 Å². The Morgan fingerprint density at radius 1 is 0.931 bits per heavy atom. The minimum atomic E-state index is -0.405. The van der Waals surface area contributed by atoms with E-state index in [0.29, 0.717) is 22.3 Å². The van der Waals surface area contributed by atoms with Crippen LogP contribution < -0.4 is 14.9 Å². The lowest BCUT2D eigenvalue weighted by atomic mass is 10.1. The van der Waals surface area contributed by atoms with E-state index in [4.69, 9.17) is 13.9 Å². The maximum atomic E-state index is 12.8. The molecular weight excluding hydrogens is 368 g/mol. The van der Waals surface area contributed by atoms with Crippen LogP contribution in [0.3, 0.4) is 0 Å². The number of carbonyl (C=O) groups excluding carboxylic acids is 1. The molecule has 1 heterocycles. The highest BCUT2D eigenvalue weighted by Gasteiger charge is 2.12. The molecule has 0 aliphatic heterocycles. The van der Waals surface area contributed by atoms with Crippen molar-refractivity contribution in [1.29, 1.82) is 0 Å². The molecule has 29 heavy (non-hydrogen) atoms. The predicted molar refractivity (Wildman–Crippen MR) is 110 cm³/mol. The first kappa shape index (κ1) is 18.5. The molecule has 1 aromatic heterocycles. The number of carbonyl (C=O) groups is 1. The van der Waals surface area contributed by atoms with E-state index in [1.165, 1.54) is 6.26 Å². The Morgan fingerprint density at radius 2 is 1.66 bits per heavy atom. The molecule has 0 unspecified atom stereocenters. The van der Waals surface area contributed by atoms with Gasteiger partial charge in [0.25, 0.3) is 0 Å². The highest BCUT2D eigenvalue weighted by atomic mass is 16.5. The quantitative estimate of drug-likeness (QED) is 0.370. The van der Waals surface area contributed by atoms with Crippen LogP contribution in [0.5, 0.6) is 11.5 Å². The van der Waals surface area contributed by atoms with Crippen LogP contribution in [0.2, 0.25) is 0 Å². The second-order valence-corrected chi connectivity index (χ2v) is 6.50. The number of esters is 1. The summed E-state index contributed by atoms with van der Waals surface area (Å²) in [6.45, 7) is 0. The molecule has 0 aliphatic carbocycles. The Morgan fingerprint density at radius 3 is 2.38 bits per heavy atom. The summed E-state index contributed by atoms with van der Waals surface area (Å²) in [6, 6.07) is 21.3. The van der Waals surface area contributed by atoms with Crippen molar-refractivity contribution >= 4 is 16.9 Å². The molecule has 5 nitrogen and oxygen atoms in total. The summed E-state index contributed by atoms with van der Waals surface area (Å²) in [5, 5.41) is 0.432. The van der Waals surface area contributed by atoms with Gasteiger partial charge in [-0.1, -0.05) is 42.5 Å². The Bertz CT molecular complexity index is 1210. The van der Waals surface area contributed by atoms with Crippen LogP contribution in [0.4, 0.5) is 0 Å². The molecule has 0 saturated carbocycles. The Kier molecular flexibility index (Phi) is 5.12. The van der Waals surface area contributed by atoms with Gasteiger partial charge in [-0.05, 0) is 35.4 Å². The Balaban J connectivity index is 1.54. The average Bonchev–Trinajstić information content (AvgIpc) is 2.75. The second kappa shape index (κ2) is 8.02. The number of hydrogen-bond donors (Lipinski definition) is 0. The van der Waals surface area contributed by atoms with Gasteiger partial charge in [0.15, 0.2) is 5.43 Å². The van der Waals surface area contributed by atoms with Crippen molar-refractivity contribution in [2.75, 3.05) is 7.11 Å². The van der Waals surface area contributed by atoms with E-state index < -0.39 is 5.97 Å². The summed E-state index contributed by atoms with van der Waals surface area (Å²) >= 11 is 0. The standard InChI is InChI=1S/C24H18O5/c1-27-18-9-7-16(8-10-18)13-23(25)29-19-11-12-20-22(14-19)28-15-21(24(20)26)17-5-3-2-4-6-17/h2-12,14-15H,13H2,1H3. The zero-order valence-corrected chi connectivity index (χ0v) is 15.8. The highest BCUT2D eigenvalue weighted by Crippen LogP contribution is 2.23. The van der Waals surface area contributed by atoms with E-state index in [0.717, 1.165) is 16.9 Å². The Labute approximate surface area is 167 Å². The van der Waals surface area contributed by atoms with E-state index in [1.54, 1.807) is 37.4 Å². The number of ether oxygens (including phenoxy) is 2. The minimum Gasteiger partial charge on any atom is -0.497 e. The fourth-order valence-corrected chi connectivity index (χ4v) is 3.07. The van der Waals surface area contributed by atoms with Gasteiger partial charge in [0.2, 0.25) is 0 Å². The lowest BCUT2D eigenvalue weighted by Gasteiger charge is -2.07. The molecule has 0 amide bonds. The maximum Gasteiger partial charge on any atom is 0.315 e. The summed E-state index contributed by atoms with van der Waals surface area (Å²) in [6.07, 6.45) is 1.56. The molecule has 0 bridgehead atoms. The van der Waals surface area contributed by atoms with Crippen LogP contribution in [0.15, 0.2) is 88.3 Å². The third kappa shape index (κ3) is 4.04. The van der Waals surface area contributed by atoms with Crippen LogP contribution in [0.1, 0.15) is 5.56 Å². The lowest BCUT2D eigenvalue weighted by Crippen LogP contribution is -2.11. The van der Waals surface area contributed by atoms with Gasteiger partial charge >= 0.3 is 5.97 Å². The summed E-state index contributed by atoms with van der Waals surface area (Å²) in [5.74, 6) is 0.644. The fourth-order valence-electron chi connectivity index (χ4n) is 3.07.